The highest BCUT2D eigenvalue weighted by Gasteiger charge is 2.38. The van der Waals surface area contributed by atoms with Crippen molar-refractivity contribution in [2.45, 2.75) is 20.0 Å². The van der Waals surface area contributed by atoms with Gasteiger partial charge in [0.2, 0.25) is 5.78 Å². The first-order valence-electron chi connectivity index (χ1n) is 5.12. The monoisotopic (exact) mass is 222 g/mol. The van der Waals surface area contributed by atoms with Crippen LogP contribution in [-0.4, -0.2) is 25.0 Å². The van der Waals surface area contributed by atoms with Gasteiger partial charge < -0.3 is 9.47 Å². The van der Waals surface area contributed by atoms with E-state index in [-0.39, 0.29) is 5.78 Å². The minimum Gasteiger partial charge on any atom is -0.470 e. The third kappa shape index (κ3) is 2.05. The number of carbonyl (C=O) groups excluding carboxylic acids is 2. The third-order valence-corrected chi connectivity index (χ3v) is 2.05. The molecule has 2 rings (SSSR count). The summed E-state index contributed by atoms with van der Waals surface area (Å²) in [7, 11) is 1.22. The van der Waals surface area contributed by atoms with Gasteiger partial charge in [-0.2, -0.15) is 0 Å². The summed E-state index contributed by atoms with van der Waals surface area (Å²) in [5.74, 6) is -0.563. The average Bonchev–Trinajstić information content (AvgIpc) is 2.69. The number of ketones is 1. The molecule has 1 aromatic carbocycles. The minimum atomic E-state index is -1.13. The molecule has 1 unspecified atom stereocenters. The Balaban J connectivity index is 0.000000606. The SMILES string of the molecule is CC.COC(=O)C1Oc2ccccc2C1=O. The number of rotatable bonds is 1. The van der Waals surface area contributed by atoms with E-state index in [4.69, 9.17) is 4.74 Å². The molecule has 0 radical (unpaired) electrons. The summed E-state index contributed by atoms with van der Waals surface area (Å²) in [6.07, 6.45) is -1.13. The summed E-state index contributed by atoms with van der Waals surface area (Å²) in [6, 6.07) is 6.74. The second-order valence-electron chi connectivity index (χ2n) is 2.88. The topological polar surface area (TPSA) is 52.6 Å². The standard InChI is InChI=1S/C10H8O4.C2H6/c1-13-10(12)9-8(11)6-4-2-3-5-7(6)14-9;1-2/h2-5,9H,1H3;1-2H3. The number of methoxy groups -OCH3 is 1. The van der Waals surface area contributed by atoms with Crippen LogP contribution in [-0.2, 0) is 9.53 Å². The smallest absolute Gasteiger partial charge is 0.355 e. The molecule has 0 bridgehead atoms. The molecule has 0 aliphatic carbocycles. The zero-order chi connectivity index (χ0) is 12.1. The van der Waals surface area contributed by atoms with Crippen molar-refractivity contribution >= 4 is 11.8 Å². The molecule has 1 aliphatic heterocycles. The second kappa shape index (κ2) is 5.30. The number of benzene rings is 1. The van der Waals surface area contributed by atoms with Gasteiger partial charge in [0.05, 0.1) is 12.7 Å². The van der Waals surface area contributed by atoms with Crippen LogP contribution in [0.15, 0.2) is 24.3 Å². The molecule has 4 heteroatoms. The van der Waals surface area contributed by atoms with Crippen LogP contribution in [0.2, 0.25) is 0 Å². The second-order valence-corrected chi connectivity index (χ2v) is 2.88. The van der Waals surface area contributed by atoms with E-state index in [1.807, 2.05) is 13.8 Å². The average molecular weight is 222 g/mol. The maximum absolute atomic E-state index is 11.6. The molecule has 0 saturated carbocycles. The van der Waals surface area contributed by atoms with Crippen LogP contribution >= 0.6 is 0 Å². The lowest BCUT2D eigenvalue weighted by molar-refractivity contribution is -0.145. The van der Waals surface area contributed by atoms with Gasteiger partial charge in [0.15, 0.2) is 0 Å². The van der Waals surface area contributed by atoms with Crippen molar-refractivity contribution in [2.75, 3.05) is 7.11 Å². The van der Waals surface area contributed by atoms with Gasteiger partial charge in [-0.05, 0) is 12.1 Å². The van der Waals surface area contributed by atoms with Crippen LogP contribution in [0.5, 0.6) is 5.75 Å². The molecule has 1 aromatic rings. The molecule has 1 heterocycles. The van der Waals surface area contributed by atoms with Crippen molar-refractivity contribution < 1.29 is 19.1 Å². The Kier molecular flexibility index (Phi) is 4.05. The van der Waals surface area contributed by atoms with E-state index in [0.717, 1.165) is 0 Å². The first-order chi connectivity index (χ1) is 7.74. The number of para-hydroxylation sites is 1. The Morgan fingerprint density at radius 2 is 1.94 bits per heavy atom. The number of ether oxygens (including phenoxy) is 2. The quantitative estimate of drug-likeness (QED) is 0.537. The lowest BCUT2D eigenvalue weighted by atomic mass is 10.1. The first-order valence-corrected chi connectivity index (χ1v) is 5.12. The fourth-order valence-electron chi connectivity index (χ4n) is 1.36. The van der Waals surface area contributed by atoms with Gasteiger partial charge in [0, 0.05) is 0 Å². The van der Waals surface area contributed by atoms with Gasteiger partial charge in [-0.25, -0.2) is 4.79 Å². The number of carbonyl (C=O) groups is 2. The molecule has 0 saturated heterocycles. The van der Waals surface area contributed by atoms with Crippen LogP contribution < -0.4 is 4.74 Å². The first kappa shape index (κ1) is 12.2. The van der Waals surface area contributed by atoms with E-state index in [0.29, 0.717) is 11.3 Å². The Labute approximate surface area is 94.2 Å². The van der Waals surface area contributed by atoms with Gasteiger partial charge in [0.1, 0.15) is 5.75 Å². The van der Waals surface area contributed by atoms with Gasteiger partial charge >= 0.3 is 5.97 Å². The predicted molar refractivity (Wildman–Crippen MR) is 58.6 cm³/mol. The molecule has 1 aliphatic rings. The van der Waals surface area contributed by atoms with Crippen LogP contribution in [0, 0.1) is 0 Å². The molecule has 0 fully saturated rings. The maximum Gasteiger partial charge on any atom is 0.355 e. The van der Waals surface area contributed by atoms with Gasteiger partial charge in [0.25, 0.3) is 6.10 Å². The Morgan fingerprint density at radius 3 is 2.50 bits per heavy atom. The number of Topliss-reactive ketones (excluding diaryl/α,β-unsaturated/α-hetero) is 1. The van der Waals surface area contributed by atoms with Crippen molar-refractivity contribution in [3.05, 3.63) is 29.8 Å². The van der Waals surface area contributed by atoms with Crippen molar-refractivity contribution in [1.82, 2.24) is 0 Å². The zero-order valence-electron chi connectivity index (χ0n) is 9.52. The molecular formula is C12H14O4. The van der Waals surface area contributed by atoms with E-state index in [2.05, 4.69) is 4.74 Å². The normalized spacial score (nSPS) is 16.7. The zero-order valence-corrected chi connectivity index (χ0v) is 9.52. The van der Waals surface area contributed by atoms with Gasteiger partial charge in [-0.3, -0.25) is 4.79 Å². The van der Waals surface area contributed by atoms with Crippen molar-refractivity contribution in [1.29, 1.82) is 0 Å². The van der Waals surface area contributed by atoms with Crippen LogP contribution in [0.3, 0.4) is 0 Å². The van der Waals surface area contributed by atoms with E-state index in [9.17, 15) is 9.59 Å². The van der Waals surface area contributed by atoms with Crippen molar-refractivity contribution in [3.8, 4) is 5.75 Å². The summed E-state index contributed by atoms with van der Waals surface area (Å²) >= 11 is 0. The highest BCUT2D eigenvalue weighted by Crippen LogP contribution is 2.28. The van der Waals surface area contributed by atoms with Crippen LogP contribution in [0.1, 0.15) is 24.2 Å². The largest absolute Gasteiger partial charge is 0.470 e. The molecule has 4 nitrogen and oxygen atoms in total. The summed E-state index contributed by atoms with van der Waals surface area (Å²) in [4.78, 5) is 22.7. The van der Waals surface area contributed by atoms with E-state index >= 15 is 0 Å². The highest BCUT2D eigenvalue weighted by atomic mass is 16.6. The van der Waals surface area contributed by atoms with Crippen molar-refractivity contribution in [2.24, 2.45) is 0 Å². The number of fused-ring (bicyclic) bond motifs is 1. The molecule has 16 heavy (non-hydrogen) atoms. The van der Waals surface area contributed by atoms with Crippen molar-refractivity contribution in [3.63, 3.8) is 0 Å². The minimum absolute atomic E-state index is 0.340. The predicted octanol–water partition coefficient (Wildman–Crippen LogP) is 1.83. The van der Waals surface area contributed by atoms with Gasteiger partial charge in [-0.15, -0.1) is 0 Å². The fourth-order valence-corrected chi connectivity index (χ4v) is 1.36. The Morgan fingerprint density at radius 1 is 1.31 bits per heavy atom. The lowest BCUT2D eigenvalue weighted by Gasteiger charge is -2.05. The number of esters is 1. The fraction of sp³-hybridized carbons (Fsp3) is 0.333. The molecule has 0 spiro atoms. The van der Waals surface area contributed by atoms with Gasteiger partial charge in [-0.1, -0.05) is 26.0 Å². The highest BCUT2D eigenvalue weighted by molar-refractivity contribution is 6.15. The molecule has 0 amide bonds. The van der Waals surface area contributed by atoms with E-state index in [1.165, 1.54) is 7.11 Å². The molecule has 1 atom stereocenters. The number of hydrogen-bond donors (Lipinski definition) is 0. The van der Waals surface area contributed by atoms with E-state index in [1.54, 1.807) is 24.3 Å². The molecule has 0 aromatic heterocycles. The van der Waals surface area contributed by atoms with E-state index < -0.39 is 12.1 Å². The lowest BCUT2D eigenvalue weighted by Crippen LogP contribution is -2.31. The summed E-state index contributed by atoms with van der Waals surface area (Å²) in [6.45, 7) is 4.00. The molecule has 86 valence electrons. The third-order valence-electron chi connectivity index (χ3n) is 2.05. The Bertz CT molecular complexity index is 398. The maximum atomic E-state index is 11.6. The van der Waals surface area contributed by atoms with Crippen LogP contribution in [0.25, 0.3) is 0 Å². The summed E-state index contributed by atoms with van der Waals surface area (Å²) < 4.78 is 9.60. The number of hydrogen-bond acceptors (Lipinski definition) is 4. The summed E-state index contributed by atoms with van der Waals surface area (Å²) in [5, 5.41) is 0. The molecule has 0 N–H and O–H groups in total. The van der Waals surface area contributed by atoms with Crippen LogP contribution in [0.4, 0.5) is 0 Å². The summed E-state index contributed by atoms with van der Waals surface area (Å²) in [5.41, 5.74) is 0.433. The Hall–Kier alpha value is -1.84. The molecular weight excluding hydrogens is 208 g/mol.